The number of aliphatic hydroxyl groups is 1. The lowest BCUT2D eigenvalue weighted by atomic mass is 10.2. The van der Waals surface area contributed by atoms with Crippen molar-refractivity contribution in [2.45, 2.75) is 12.6 Å². The van der Waals surface area contributed by atoms with E-state index in [9.17, 15) is 9.90 Å². The second kappa shape index (κ2) is 7.76. The molecule has 2 aromatic heterocycles. The van der Waals surface area contributed by atoms with E-state index in [1.165, 1.54) is 11.3 Å². The summed E-state index contributed by atoms with van der Waals surface area (Å²) in [4.78, 5) is 15.8. The van der Waals surface area contributed by atoms with Crippen LogP contribution in [0.15, 0.2) is 59.8 Å². The van der Waals surface area contributed by atoms with Gasteiger partial charge in [0.2, 0.25) is 0 Å². The summed E-state index contributed by atoms with van der Waals surface area (Å²) in [6.07, 6.45) is 4.65. The summed E-state index contributed by atoms with van der Waals surface area (Å²) in [7, 11) is 0. The molecule has 1 unspecified atom stereocenters. The largest absolute Gasteiger partial charge is 0.387 e. The maximum atomic E-state index is 11.8. The maximum absolute atomic E-state index is 11.8. The minimum atomic E-state index is -0.684. The van der Waals surface area contributed by atoms with Crippen molar-refractivity contribution in [1.29, 1.82) is 0 Å². The Labute approximate surface area is 143 Å². The Bertz CT molecular complexity index is 755. The molecule has 7 heteroatoms. The Morgan fingerprint density at radius 3 is 2.75 bits per heavy atom. The predicted octanol–water partition coefficient (Wildman–Crippen LogP) is 2.47. The van der Waals surface area contributed by atoms with Crippen molar-refractivity contribution in [1.82, 2.24) is 20.2 Å². The van der Waals surface area contributed by atoms with E-state index in [1.54, 1.807) is 12.5 Å². The zero-order valence-electron chi connectivity index (χ0n) is 12.9. The van der Waals surface area contributed by atoms with E-state index < -0.39 is 6.10 Å². The van der Waals surface area contributed by atoms with Gasteiger partial charge in [0.15, 0.2) is 0 Å². The average Bonchev–Trinajstić information content (AvgIpc) is 3.31. The number of carbonyl (C=O) groups excluding carboxylic acids is 1. The van der Waals surface area contributed by atoms with Gasteiger partial charge in [-0.3, -0.25) is 0 Å². The average molecular weight is 342 g/mol. The number of benzene rings is 1. The molecule has 0 fully saturated rings. The highest BCUT2D eigenvalue weighted by molar-refractivity contribution is 7.07. The molecule has 1 aromatic carbocycles. The highest BCUT2D eigenvalue weighted by Crippen LogP contribution is 2.15. The quantitative estimate of drug-likeness (QED) is 0.644. The van der Waals surface area contributed by atoms with Gasteiger partial charge in [0.25, 0.3) is 0 Å². The van der Waals surface area contributed by atoms with Gasteiger partial charge in [0.05, 0.1) is 12.4 Å². The zero-order chi connectivity index (χ0) is 16.8. The van der Waals surface area contributed by atoms with E-state index >= 15 is 0 Å². The minimum absolute atomic E-state index is 0.183. The van der Waals surface area contributed by atoms with Crippen LogP contribution in [-0.4, -0.2) is 27.2 Å². The molecule has 2 amide bonds. The minimum Gasteiger partial charge on any atom is -0.387 e. The molecule has 124 valence electrons. The van der Waals surface area contributed by atoms with Crippen molar-refractivity contribution in [2.24, 2.45) is 0 Å². The number of carbonyl (C=O) groups is 1. The Hall–Kier alpha value is -2.64. The summed E-state index contributed by atoms with van der Waals surface area (Å²) in [6.45, 7) is 0.604. The van der Waals surface area contributed by atoms with Crippen molar-refractivity contribution >= 4 is 17.4 Å². The summed E-state index contributed by atoms with van der Waals surface area (Å²) in [5, 5.41) is 19.1. The Morgan fingerprint density at radius 1 is 1.25 bits per heavy atom. The summed E-state index contributed by atoms with van der Waals surface area (Å²) in [6, 6.07) is 9.39. The topological polar surface area (TPSA) is 79.2 Å². The monoisotopic (exact) mass is 342 g/mol. The number of thiophene rings is 1. The third kappa shape index (κ3) is 4.21. The van der Waals surface area contributed by atoms with Gasteiger partial charge < -0.3 is 20.3 Å². The molecule has 0 aliphatic heterocycles. The molecule has 0 aliphatic carbocycles. The van der Waals surface area contributed by atoms with Crippen LogP contribution in [0.25, 0.3) is 5.69 Å². The van der Waals surface area contributed by atoms with E-state index in [2.05, 4.69) is 15.6 Å². The number of aromatic nitrogens is 2. The molecule has 24 heavy (non-hydrogen) atoms. The lowest BCUT2D eigenvalue weighted by molar-refractivity contribution is 0.173. The second-order valence-corrected chi connectivity index (χ2v) is 6.05. The maximum Gasteiger partial charge on any atom is 0.315 e. The van der Waals surface area contributed by atoms with E-state index in [-0.39, 0.29) is 12.6 Å². The second-order valence-electron chi connectivity index (χ2n) is 5.27. The number of hydrogen-bond acceptors (Lipinski definition) is 4. The third-order valence-electron chi connectivity index (χ3n) is 3.58. The molecule has 2 heterocycles. The highest BCUT2D eigenvalue weighted by atomic mass is 32.1. The van der Waals surface area contributed by atoms with Crippen molar-refractivity contribution in [2.75, 3.05) is 6.54 Å². The standard InChI is InChI=1S/C17H18N4O2S/c22-16(14-5-8-24-11-14)10-20-17(23)19-9-13-1-3-15(4-2-13)21-7-6-18-12-21/h1-8,11-12,16,22H,9-10H2,(H2,19,20,23). The zero-order valence-corrected chi connectivity index (χ0v) is 13.7. The van der Waals surface area contributed by atoms with E-state index in [4.69, 9.17) is 0 Å². The molecule has 0 saturated heterocycles. The van der Waals surface area contributed by atoms with E-state index in [1.807, 2.05) is 51.9 Å². The molecule has 3 aromatic rings. The summed E-state index contributed by atoms with van der Waals surface area (Å²) < 4.78 is 1.91. The van der Waals surface area contributed by atoms with Gasteiger partial charge in [-0.15, -0.1) is 0 Å². The predicted molar refractivity (Wildman–Crippen MR) is 93.1 cm³/mol. The highest BCUT2D eigenvalue weighted by Gasteiger charge is 2.09. The van der Waals surface area contributed by atoms with Crippen LogP contribution in [0.3, 0.4) is 0 Å². The van der Waals surface area contributed by atoms with Crippen LogP contribution in [0.5, 0.6) is 0 Å². The molecule has 3 rings (SSSR count). The molecular formula is C17H18N4O2S. The van der Waals surface area contributed by atoms with Crippen LogP contribution in [0, 0.1) is 0 Å². The van der Waals surface area contributed by atoms with Gasteiger partial charge in [-0.1, -0.05) is 12.1 Å². The number of nitrogens with zero attached hydrogens (tertiary/aromatic N) is 2. The summed E-state index contributed by atoms with van der Waals surface area (Å²) >= 11 is 1.52. The molecule has 0 saturated carbocycles. The van der Waals surface area contributed by atoms with E-state index in [0.717, 1.165) is 16.8 Å². The first kappa shape index (κ1) is 16.2. The number of aliphatic hydroxyl groups excluding tert-OH is 1. The first-order chi connectivity index (χ1) is 11.7. The van der Waals surface area contributed by atoms with Gasteiger partial charge in [-0.2, -0.15) is 11.3 Å². The van der Waals surface area contributed by atoms with Crippen LogP contribution >= 0.6 is 11.3 Å². The van der Waals surface area contributed by atoms with Gasteiger partial charge in [-0.25, -0.2) is 9.78 Å². The first-order valence-corrected chi connectivity index (χ1v) is 8.46. The van der Waals surface area contributed by atoms with Crippen molar-refractivity contribution in [3.63, 3.8) is 0 Å². The number of nitrogens with one attached hydrogen (secondary N) is 2. The Morgan fingerprint density at radius 2 is 2.08 bits per heavy atom. The van der Waals surface area contributed by atoms with Crippen LogP contribution in [0.4, 0.5) is 4.79 Å². The van der Waals surface area contributed by atoms with Crippen LogP contribution in [0.1, 0.15) is 17.2 Å². The summed E-state index contributed by atoms with van der Waals surface area (Å²) in [5.41, 5.74) is 2.82. The molecule has 1 atom stereocenters. The molecule has 0 aliphatic rings. The van der Waals surface area contributed by atoms with Gasteiger partial charge in [0, 0.05) is 31.2 Å². The number of amides is 2. The SMILES string of the molecule is O=C(NCc1ccc(-n2ccnc2)cc1)NCC(O)c1ccsc1. The fourth-order valence-electron chi connectivity index (χ4n) is 2.21. The normalized spacial score (nSPS) is 11.9. The summed E-state index contributed by atoms with van der Waals surface area (Å²) in [5.74, 6) is 0. The fourth-order valence-corrected chi connectivity index (χ4v) is 2.92. The molecular weight excluding hydrogens is 324 g/mol. The fraction of sp³-hybridized carbons (Fsp3) is 0.176. The number of urea groups is 1. The molecule has 0 bridgehead atoms. The molecule has 6 nitrogen and oxygen atoms in total. The van der Waals surface area contributed by atoms with Crippen molar-refractivity contribution in [3.8, 4) is 5.69 Å². The first-order valence-electron chi connectivity index (χ1n) is 7.51. The van der Waals surface area contributed by atoms with E-state index in [0.29, 0.717) is 6.54 Å². The number of hydrogen-bond donors (Lipinski definition) is 3. The van der Waals surface area contributed by atoms with Gasteiger partial charge in [0.1, 0.15) is 0 Å². The number of rotatable bonds is 6. The smallest absolute Gasteiger partial charge is 0.315 e. The van der Waals surface area contributed by atoms with Crippen LogP contribution in [0.2, 0.25) is 0 Å². The van der Waals surface area contributed by atoms with Crippen molar-refractivity contribution in [3.05, 3.63) is 70.9 Å². The lowest BCUT2D eigenvalue weighted by Gasteiger charge is -2.12. The molecule has 3 N–H and O–H groups in total. The third-order valence-corrected chi connectivity index (χ3v) is 4.28. The van der Waals surface area contributed by atoms with Crippen LogP contribution in [-0.2, 0) is 6.54 Å². The van der Waals surface area contributed by atoms with Crippen molar-refractivity contribution < 1.29 is 9.90 Å². The van der Waals surface area contributed by atoms with Crippen LogP contribution < -0.4 is 10.6 Å². The van der Waals surface area contributed by atoms with Gasteiger partial charge in [-0.05, 0) is 40.1 Å². The Balaban J connectivity index is 1.44. The molecule has 0 radical (unpaired) electrons. The number of imidazole rings is 1. The molecule has 0 spiro atoms. The van der Waals surface area contributed by atoms with Gasteiger partial charge >= 0.3 is 6.03 Å². The Kier molecular flexibility index (Phi) is 5.25. The lowest BCUT2D eigenvalue weighted by Crippen LogP contribution is -2.37.